The highest BCUT2D eigenvalue weighted by molar-refractivity contribution is 6.30. The Hall–Kier alpha value is -1.27. The van der Waals surface area contributed by atoms with Crippen LogP contribution in [0, 0.1) is 6.07 Å². The van der Waals surface area contributed by atoms with Gasteiger partial charge in [0, 0.05) is 5.02 Å². The summed E-state index contributed by atoms with van der Waals surface area (Å²) in [5, 5.41) is 0.767. The zero-order valence-electron chi connectivity index (χ0n) is 9.50. The van der Waals surface area contributed by atoms with Gasteiger partial charge in [0.15, 0.2) is 0 Å². The summed E-state index contributed by atoms with van der Waals surface area (Å²) in [4.78, 5) is 0. The molecule has 16 heavy (non-hydrogen) atoms. The lowest BCUT2D eigenvalue weighted by Gasteiger charge is -2.07. The van der Waals surface area contributed by atoms with Crippen LogP contribution in [0.2, 0.25) is 5.02 Å². The fraction of sp³-hybridized carbons (Fsp3) is 0.200. The summed E-state index contributed by atoms with van der Waals surface area (Å²) in [6.07, 6.45) is 0. The highest BCUT2D eigenvalue weighted by Crippen LogP contribution is 2.24. The van der Waals surface area contributed by atoms with Crippen molar-refractivity contribution >= 4 is 11.6 Å². The van der Waals surface area contributed by atoms with Crippen LogP contribution in [0.1, 0.15) is 25.3 Å². The minimum absolute atomic E-state index is 0.542. The largest absolute Gasteiger partial charge is 0.0843 e. The fourth-order valence-corrected chi connectivity index (χ4v) is 1.77. The average molecular weight is 230 g/mol. The van der Waals surface area contributed by atoms with Crippen LogP contribution in [-0.4, -0.2) is 0 Å². The molecule has 81 valence electrons. The molecule has 0 saturated carbocycles. The maximum absolute atomic E-state index is 5.87. The van der Waals surface area contributed by atoms with Crippen molar-refractivity contribution in [3.63, 3.8) is 0 Å². The zero-order valence-corrected chi connectivity index (χ0v) is 10.3. The van der Waals surface area contributed by atoms with Gasteiger partial charge in [-0.3, -0.25) is 0 Å². The third kappa shape index (κ3) is 2.45. The van der Waals surface area contributed by atoms with Crippen molar-refractivity contribution in [1.82, 2.24) is 0 Å². The molecule has 0 aliphatic rings. The van der Waals surface area contributed by atoms with Gasteiger partial charge in [-0.05, 0) is 40.8 Å². The lowest BCUT2D eigenvalue weighted by Crippen LogP contribution is -1.87. The van der Waals surface area contributed by atoms with Crippen molar-refractivity contribution in [2.45, 2.75) is 19.8 Å². The summed E-state index contributed by atoms with van der Waals surface area (Å²) < 4.78 is 0. The Bertz CT molecular complexity index is 469. The maximum atomic E-state index is 5.87. The summed E-state index contributed by atoms with van der Waals surface area (Å²) in [7, 11) is 0. The van der Waals surface area contributed by atoms with E-state index >= 15 is 0 Å². The van der Waals surface area contributed by atoms with Crippen LogP contribution in [0.5, 0.6) is 0 Å². The molecule has 0 atom stereocenters. The Balaban J connectivity index is 2.40. The number of hydrogen-bond acceptors (Lipinski definition) is 0. The summed E-state index contributed by atoms with van der Waals surface area (Å²) in [6.45, 7) is 4.39. The molecule has 0 N–H and O–H groups in total. The van der Waals surface area contributed by atoms with Crippen molar-refractivity contribution in [3.8, 4) is 11.1 Å². The molecule has 2 rings (SSSR count). The molecule has 0 fully saturated rings. The molecular formula is C15H14Cl. The van der Waals surface area contributed by atoms with Gasteiger partial charge in [-0.25, -0.2) is 0 Å². The second kappa shape index (κ2) is 4.71. The van der Waals surface area contributed by atoms with Crippen molar-refractivity contribution < 1.29 is 0 Å². The smallest absolute Gasteiger partial charge is 0.0406 e. The molecule has 0 amide bonds. The number of hydrogen-bond donors (Lipinski definition) is 0. The SMILES string of the molecule is CC(C)c1cc[c]c(-c2ccc(Cl)cc2)c1. The summed E-state index contributed by atoms with van der Waals surface area (Å²) in [5.41, 5.74) is 3.62. The molecule has 0 unspecified atom stereocenters. The minimum atomic E-state index is 0.542. The van der Waals surface area contributed by atoms with E-state index in [1.165, 1.54) is 5.56 Å². The van der Waals surface area contributed by atoms with E-state index in [1.54, 1.807) is 0 Å². The molecule has 0 saturated heterocycles. The van der Waals surface area contributed by atoms with Crippen molar-refractivity contribution in [1.29, 1.82) is 0 Å². The molecule has 0 aliphatic carbocycles. The van der Waals surface area contributed by atoms with Crippen LogP contribution >= 0.6 is 11.6 Å². The highest BCUT2D eigenvalue weighted by atomic mass is 35.5. The topological polar surface area (TPSA) is 0 Å². The Labute approximate surface area is 102 Å². The van der Waals surface area contributed by atoms with Gasteiger partial charge < -0.3 is 0 Å². The monoisotopic (exact) mass is 229 g/mol. The average Bonchev–Trinajstić information content (AvgIpc) is 2.30. The van der Waals surface area contributed by atoms with E-state index in [0.29, 0.717) is 5.92 Å². The number of halogens is 1. The molecule has 0 nitrogen and oxygen atoms in total. The highest BCUT2D eigenvalue weighted by Gasteiger charge is 2.02. The van der Waals surface area contributed by atoms with Crippen molar-refractivity contribution in [2.75, 3.05) is 0 Å². The molecule has 0 aliphatic heterocycles. The number of rotatable bonds is 2. The first-order valence-corrected chi connectivity index (χ1v) is 5.82. The summed E-state index contributed by atoms with van der Waals surface area (Å²) >= 11 is 5.87. The third-order valence-corrected chi connectivity index (χ3v) is 2.90. The Morgan fingerprint density at radius 2 is 1.75 bits per heavy atom. The van der Waals surface area contributed by atoms with Crippen molar-refractivity contribution in [2.24, 2.45) is 0 Å². The molecule has 1 radical (unpaired) electrons. The van der Waals surface area contributed by atoms with E-state index in [9.17, 15) is 0 Å². The Kier molecular flexibility index (Phi) is 3.31. The second-order valence-corrected chi connectivity index (χ2v) is 4.63. The molecule has 2 aromatic rings. The minimum Gasteiger partial charge on any atom is -0.0843 e. The van der Waals surface area contributed by atoms with Gasteiger partial charge in [-0.15, -0.1) is 0 Å². The van der Waals surface area contributed by atoms with Gasteiger partial charge >= 0.3 is 0 Å². The van der Waals surface area contributed by atoms with Crippen LogP contribution < -0.4 is 0 Å². The molecule has 0 heterocycles. The maximum Gasteiger partial charge on any atom is 0.0406 e. The first-order chi connectivity index (χ1) is 7.66. The van der Waals surface area contributed by atoms with E-state index in [2.05, 4.69) is 32.0 Å². The summed E-state index contributed by atoms with van der Waals surface area (Å²) in [5.74, 6) is 0.542. The van der Waals surface area contributed by atoms with Gasteiger partial charge in [0.25, 0.3) is 0 Å². The lowest BCUT2D eigenvalue weighted by molar-refractivity contribution is 0.867. The van der Waals surface area contributed by atoms with Gasteiger partial charge in [-0.1, -0.05) is 55.8 Å². The van der Waals surface area contributed by atoms with E-state index in [1.807, 2.05) is 30.3 Å². The Morgan fingerprint density at radius 3 is 2.38 bits per heavy atom. The van der Waals surface area contributed by atoms with Crippen LogP contribution in [0.4, 0.5) is 0 Å². The van der Waals surface area contributed by atoms with Gasteiger partial charge in [-0.2, -0.15) is 0 Å². The normalized spacial score (nSPS) is 10.8. The standard InChI is InChI=1S/C15H14Cl/c1-11(2)13-4-3-5-14(10-13)12-6-8-15(16)9-7-12/h3-4,6-11H,1-2H3. The number of benzene rings is 2. The molecule has 0 aromatic heterocycles. The van der Waals surface area contributed by atoms with Crippen LogP contribution in [0.25, 0.3) is 11.1 Å². The lowest BCUT2D eigenvalue weighted by atomic mass is 9.97. The quantitative estimate of drug-likeness (QED) is 0.685. The van der Waals surface area contributed by atoms with Crippen LogP contribution in [0.15, 0.2) is 42.5 Å². The zero-order chi connectivity index (χ0) is 11.5. The predicted octanol–water partition coefficient (Wildman–Crippen LogP) is 4.93. The first kappa shape index (κ1) is 11.2. The molecule has 2 aromatic carbocycles. The molecule has 0 bridgehead atoms. The second-order valence-electron chi connectivity index (χ2n) is 4.20. The van der Waals surface area contributed by atoms with E-state index < -0.39 is 0 Å². The molecular weight excluding hydrogens is 216 g/mol. The molecule has 0 spiro atoms. The Morgan fingerprint density at radius 1 is 1.06 bits per heavy atom. The van der Waals surface area contributed by atoms with Crippen molar-refractivity contribution in [3.05, 3.63) is 59.1 Å². The third-order valence-electron chi connectivity index (χ3n) is 2.65. The van der Waals surface area contributed by atoms with Gasteiger partial charge in [0.2, 0.25) is 0 Å². The summed E-state index contributed by atoms with van der Waals surface area (Å²) in [6, 6.07) is 17.4. The van der Waals surface area contributed by atoms with Gasteiger partial charge in [0.1, 0.15) is 0 Å². The fourth-order valence-electron chi connectivity index (χ4n) is 1.64. The van der Waals surface area contributed by atoms with E-state index in [0.717, 1.165) is 16.1 Å². The molecule has 1 heteroatoms. The van der Waals surface area contributed by atoms with E-state index in [4.69, 9.17) is 11.6 Å². The van der Waals surface area contributed by atoms with Crippen LogP contribution in [-0.2, 0) is 0 Å². The van der Waals surface area contributed by atoms with Crippen LogP contribution in [0.3, 0.4) is 0 Å². The predicted molar refractivity (Wildman–Crippen MR) is 69.8 cm³/mol. The van der Waals surface area contributed by atoms with Gasteiger partial charge in [0.05, 0.1) is 0 Å². The first-order valence-electron chi connectivity index (χ1n) is 5.44. The van der Waals surface area contributed by atoms with E-state index in [-0.39, 0.29) is 0 Å².